The van der Waals surface area contributed by atoms with E-state index in [1.807, 2.05) is 62.3 Å². The van der Waals surface area contributed by atoms with Crippen LogP contribution in [0.1, 0.15) is 24.2 Å². The van der Waals surface area contributed by atoms with E-state index in [-0.39, 0.29) is 11.7 Å². The van der Waals surface area contributed by atoms with Crippen molar-refractivity contribution in [2.45, 2.75) is 25.7 Å². The fraction of sp³-hybridized carbons (Fsp3) is 0.273. The molecule has 6 nitrogen and oxygen atoms in total. The Labute approximate surface area is 164 Å². The number of fused-ring (bicyclic) bond motifs is 1. The molecule has 3 aromatic carbocycles. The van der Waals surface area contributed by atoms with Gasteiger partial charge in [-0.1, -0.05) is 18.2 Å². The van der Waals surface area contributed by atoms with E-state index >= 15 is 0 Å². The Bertz CT molecular complexity index is 970. The summed E-state index contributed by atoms with van der Waals surface area (Å²) in [7, 11) is 3.90. The second kappa shape index (κ2) is 8.37. The molecule has 0 aliphatic rings. The first-order valence-corrected chi connectivity index (χ1v) is 9.09. The summed E-state index contributed by atoms with van der Waals surface area (Å²) >= 11 is 0. The van der Waals surface area contributed by atoms with Crippen LogP contribution in [0.4, 0.5) is 5.69 Å². The van der Waals surface area contributed by atoms with E-state index in [1.54, 1.807) is 12.1 Å². The van der Waals surface area contributed by atoms with E-state index in [1.165, 1.54) is 12.1 Å². The molecule has 0 saturated heterocycles. The standard InChI is InChI=1S/C22H24N2O4/c1-15(23(2)3)22(25)19-7-6-18-13-21(11-8-17(18)12-19)28-14-16-4-9-20(10-5-16)24(26)27/h4-13,15,22,25H,14H2,1-3H3. The summed E-state index contributed by atoms with van der Waals surface area (Å²) in [5.41, 5.74) is 1.81. The first kappa shape index (κ1) is 19.8. The number of rotatable bonds is 7. The summed E-state index contributed by atoms with van der Waals surface area (Å²) in [6, 6.07) is 18.1. The Balaban J connectivity index is 1.72. The molecule has 0 heterocycles. The monoisotopic (exact) mass is 380 g/mol. The molecule has 0 radical (unpaired) electrons. The predicted molar refractivity (Wildman–Crippen MR) is 109 cm³/mol. The number of non-ortho nitro benzene ring substituents is 1. The fourth-order valence-electron chi connectivity index (χ4n) is 2.96. The highest BCUT2D eigenvalue weighted by atomic mass is 16.6. The first-order chi connectivity index (χ1) is 13.3. The van der Waals surface area contributed by atoms with Gasteiger partial charge in [-0.25, -0.2) is 0 Å². The third kappa shape index (κ3) is 4.47. The van der Waals surface area contributed by atoms with Gasteiger partial charge in [-0.3, -0.25) is 10.1 Å². The summed E-state index contributed by atoms with van der Waals surface area (Å²) in [4.78, 5) is 12.3. The molecule has 0 fully saturated rings. The van der Waals surface area contributed by atoms with Crippen molar-refractivity contribution in [1.29, 1.82) is 0 Å². The van der Waals surface area contributed by atoms with Gasteiger partial charge in [-0.2, -0.15) is 0 Å². The van der Waals surface area contributed by atoms with Crippen LogP contribution in [0.3, 0.4) is 0 Å². The molecule has 6 heteroatoms. The topological polar surface area (TPSA) is 75.8 Å². The summed E-state index contributed by atoms with van der Waals surface area (Å²) < 4.78 is 5.82. The maximum Gasteiger partial charge on any atom is 0.269 e. The quantitative estimate of drug-likeness (QED) is 0.488. The van der Waals surface area contributed by atoms with Crippen molar-refractivity contribution < 1.29 is 14.8 Å². The Morgan fingerprint density at radius 1 is 1.04 bits per heavy atom. The van der Waals surface area contributed by atoms with Gasteiger partial charge in [0.25, 0.3) is 5.69 Å². The highest BCUT2D eigenvalue weighted by Crippen LogP contribution is 2.27. The highest BCUT2D eigenvalue weighted by molar-refractivity contribution is 5.84. The van der Waals surface area contributed by atoms with Crippen molar-refractivity contribution in [3.05, 3.63) is 81.9 Å². The van der Waals surface area contributed by atoms with E-state index in [9.17, 15) is 15.2 Å². The summed E-state index contributed by atoms with van der Waals surface area (Å²) in [5.74, 6) is 0.723. The molecule has 0 bridgehead atoms. The fourth-order valence-corrected chi connectivity index (χ4v) is 2.96. The second-order valence-electron chi connectivity index (χ2n) is 7.13. The smallest absolute Gasteiger partial charge is 0.269 e. The molecule has 2 atom stereocenters. The van der Waals surface area contributed by atoms with Crippen LogP contribution in [-0.2, 0) is 6.61 Å². The number of nitro groups is 1. The van der Waals surface area contributed by atoms with Crippen molar-refractivity contribution >= 4 is 16.5 Å². The third-order valence-electron chi connectivity index (χ3n) is 5.00. The third-order valence-corrected chi connectivity index (χ3v) is 5.00. The zero-order valence-electron chi connectivity index (χ0n) is 16.2. The van der Waals surface area contributed by atoms with Crippen molar-refractivity contribution in [3.63, 3.8) is 0 Å². The summed E-state index contributed by atoms with van der Waals surface area (Å²) in [5, 5.41) is 23.3. The lowest BCUT2D eigenvalue weighted by Crippen LogP contribution is -2.30. The number of hydrogen-bond acceptors (Lipinski definition) is 5. The van der Waals surface area contributed by atoms with Gasteiger partial charge in [-0.15, -0.1) is 0 Å². The van der Waals surface area contributed by atoms with Crippen LogP contribution in [0.15, 0.2) is 60.7 Å². The maximum atomic E-state index is 10.7. The minimum Gasteiger partial charge on any atom is -0.489 e. The molecule has 2 unspecified atom stereocenters. The molecular weight excluding hydrogens is 356 g/mol. The average Bonchev–Trinajstić information content (AvgIpc) is 2.70. The van der Waals surface area contributed by atoms with Crippen LogP contribution in [0.2, 0.25) is 0 Å². The van der Waals surface area contributed by atoms with E-state index in [4.69, 9.17) is 4.74 Å². The molecular formula is C22H24N2O4. The highest BCUT2D eigenvalue weighted by Gasteiger charge is 2.18. The molecule has 0 saturated carbocycles. The largest absolute Gasteiger partial charge is 0.489 e. The predicted octanol–water partition coefficient (Wildman–Crippen LogP) is 4.31. The molecule has 0 aliphatic heterocycles. The van der Waals surface area contributed by atoms with Gasteiger partial charge in [0, 0.05) is 18.2 Å². The number of ether oxygens (including phenoxy) is 1. The number of nitrogens with zero attached hydrogens (tertiary/aromatic N) is 2. The molecule has 1 N–H and O–H groups in total. The number of benzene rings is 3. The zero-order valence-corrected chi connectivity index (χ0v) is 16.2. The molecule has 146 valence electrons. The van der Waals surface area contributed by atoms with Crippen LogP contribution in [0.5, 0.6) is 5.75 Å². The maximum absolute atomic E-state index is 10.7. The van der Waals surface area contributed by atoms with Gasteiger partial charge in [0.1, 0.15) is 12.4 Å². The molecule has 28 heavy (non-hydrogen) atoms. The zero-order chi connectivity index (χ0) is 20.3. The van der Waals surface area contributed by atoms with Crippen LogP contribution in [0.25, 0.3) is 10.8 Å². The van der Waals surface area contributed by atoms with Crippen molar-refractivity contribution in [3.8, 4) is 5.75 Å². The van der Waals surface area contributed by atoms with Crippen molar-refractivity contribution in [2.24, 2.45) is 0 Å². The Morgan fingerprint density at radius 2 is 1.68 bits per heavy atom. The van der Waals surface area contributed by atoms with Gasteiger partial charge < -0.3 is 14.7 Å². The molecule has 0 aliphatic carbocycles. The number of likely N-dealkylation sites (N-methyl/N-ethyl adjacent to an activating group) is 1. The number of aliphatic hydroxyl groups is 1. The lowest BCUT2D eigenvalue weighted by molar-refractivity contribution is -0.384. The molecule has 0 spiro atoms. The van der Waals surface area contributed by atoms with Gasteiger partial charge in [0.2, 0.25) is 0 Å². The van der Waals surface area contributed by atoms with Crippen LogP contribution >= 0.6 is 0 Å². The van der Waals surface area contributed by atoms with Gasteiger partial charge in [0.15, 0.2) is 0 Å². The van der Waals surface area contributed by atoms with E-state index in [2.05, 4.69) is 0 Å². The van der Waals surface area contributed by atoms with Crippen molar-refractivity contribution in [2.75, 3.05) is 14.1 Å². The Morgan fingerprint density at radius 3 is 2.32 bits per heavy atom. The Kier molecular flexibility index (Phi) is 5.92. The average molecular weight is 380 g/mol. The molecule has 0 amide bonds. The van der Waals surface area contributed by atoms with Gasteiger partial charge in [0.05, 0.1) is 11.0 Å². The second-order valence-corrected chi connectivity index (χ2v) is 7.13. The van der Waals surface area contributed by atoms with Gasteiger partial charge in [-0.05, 0) is 73.3 Å². The minimum absolute atomic E-state index is 0.0155. The number of nitro benzene ring substituents is 1. The lowest BCUT2D eigenvalue weighted by atomic mass is 9.99. The SMILES string of the molecule is CC(C(O)c1ccc2cc(OCc3ccc([N+](=O)[O-])cc3)ccc2c1)N(C)C. The van der Waals surface area contributed by atoms with Crippen LogP contribution < -0.4 is 4.74 Å². The molecule has 3 aromatic rings. The number of hydrogen-bond donors (Lipinski definition) is 1. The van der Waals surface area contributed by atoms with E-state index < -0.39 is 11.0 Å². The lowest BCUT2D eigenvalue weighted by Gasteiger charge is -2.25. The van der Waals surface area contributed by atoms with E-state index in [0.717, 1.165) is 27.6 Å². The van der Waals surface area contributed by atoms with E-state index in [0.29, 0.717) is 6.61 Å². The van der Waals surface area contributed by atoms with Crippen LogP contribution in [0, 0.1) is 10.1 Å². The van der Waals surface area contributed by atoms with Crippen molar-refractivity contribution in [1.82, 2.24) is 4.90 Å². The summed E-state index contributed by atoms with van der Waals surface area (Å²) in [6.45, 7) is 2.32. The first-order valence-electron chi connectivity index (χ1n) is 9.09. The number of aliphatic hydroxyl groups excluding tert-OH is 1. The molecule has 3 rings (SSSR count). The minimum atomic E-state index is -0.558. The Hall–Kier alpha value is -2.96. The normalized spacial score (nSPS) is 13.5. The van der Waals surface area contributed by atoms with Crippen LogP contribution in [-0.4, -0.2) is 35.1 Å². The summed E-state index contributed by atoms with van der Waals surface area (Å²) in [6.07, 6.45) is -0.558. The molecule has 0 aromatic heterocycles. The van der Waals surface area contributed by atoms with Gasteiger partial charge >= 0.3 is 0 Å².